The third-order valence-electron chi connectivity index (χ3n) is 4.20. The second kappa shape index (κ2) is 8.78. The van der Waals surface area contributed by atoms with Gasteiger partial charge in [0.2, 0.25) is 0 Å². The summed E-state index contributed by atoms with van der Waals surface area (Å²) in [5.41, 5.74) is 1.56. The number of halogens is 2. The van der Waals surface area contributed by atoms with Crippen molar-refractivity contribution in [2.45, 2.75) is 39.4 Å². The highest BCUT2D eigenvalue weighted by Crippen LogP contribution is 2.23. The van der Waals surface area contributed by atoms with Gasteiger partial charge in [0.25, 0.3) is 0 Å². The van der Waals surface area contributed by atoms with Gasteiger partial charge >= 0.3 is 12.1 Å². The molecule has 2 heterocycles. The van der Waals surface area contributed by atoms with Crippen molar-refractivity contribution in [2.24, 2.45) is 0 Å². The molecule has 8 heteroatoms. The van der Waals surface area contributed by atoms with Crippen LogP contribution in [0, 0.1) is 5.82 Å². The summed E-state index contributed by atoms with van der Waals surface area (Å²) in [7, 11) is 0. The van der Waals surface area contributed by atoms with Crippen molar-refractivity contribution in [3.05, 3.63) is 58.6 Å². The lowest BCUT2D eigenvalue weighted by Crippen LogP contribution is -2.39. The molecule has 0 fully saturated rings. The van der Waals surface area contributed by atoms with E-state index in [0.717, 1.165) is 11.3 Å². The van der Waals surface area contributed by atoms with Crippen LogP contribution >= 0.6 is 11.6 Å². The third-order valence-corrected chi connectivity index (χ3v) is 4.43. The van der Waals surface area contributed by atoms with E-state index in [9.17, 15) is 9.18 Å². The molecule has 1 amide bonds. The second-order valence-electron chi connectivity index (χ2n) is 7.65. The fourth-order valence-electron chi connectivity index (χ4n) is 2.76. The van der Waals surface area contributed by atoms with Crippen LogP contribution in [0.15, 0.2) is 36.5 Å². The summed E-state index contributed by atoms with van der Waals surface area (Å²) in [4.78, 5) is 22.3. The van der Waals surface area contributed by atoms with Gasteiger partial charge in [0.15, 0.2) is 0 Å². The molecule has 0 radical (unpaired) electrons. The molecule has 0 spiro atoms. The van der Waals surface area contributed by atoms with Crippen LogP contribution in [0.5, 0.6) is 6.01 Å². The molecular formula is C21H23ClFN3O3. The highest BCUT2D eigenvalue weighted by molar-refractivity contribution is 6.30. The van der Waals surface area contributed by atoms with Crippen LogP contribution < -0.4 is 4.74 Å². The number of amides is 1. The zero-order valence-electron chi connectivity index (χ0n) is 16.6. The standard InChI is InChI=1S/C21H23ClFN3O3/c1-21(2,3)29-20(27)26-10-7-14(8-11-26)18-6-9-24-19(25-18)28-13-15-4-5-16(22)12-17(15)23/h4-7,9,12H,8,10-11,13H2,1-3H3. The minimum Gasteiger partial charge on any atom is -0.458 e. The lowest BCUT2D eigenvalue weighted by Gasteiger charge is -2.29. The Kier molecular flexibility index (Phi) is 6.37. The molecule has 0 aliphatic carbocycles. The Labute approximate surface area is 174 Å². The molecule has 1 aliphatic rings. The van der Waals surface area contributed by atoms with Gasteiger partial charge in [-0.3, -0.25) is 0 Å². The maximum Gasteiger partial charge on any atom is 0.410 e. The van der Waals surface area contributed by atoms with Crippen LogP contribution in [0.2, 0.25) is 5.02 Å². The van der Waals surface area contributed by atoms with Crippen molar-refractivity contribution in [1.82, 2.24) is 14.9 Å². The predicted molar refractivity (Wildman–Crippen MR) is 108 cm³/mol. The summed E-state index contributed by atoms with van der Waals surface area (Å²) in [6.45, 7) is 6.51. The number of carbonyl (C=O) groups excluding carboxylic acids is 1. The first-order chi connectivity index (χ1) is 13.7. The molecule has 0 bridgehead atoms. The zero-order valence-corrected chi connectivity index (χ0v) is 17.4. The van der Waals surface area contributed by atoms with E-state index < -0.39 is 11.4 Å². The average Bonchev–Trinajstić information content (AvgIpc) is 2.66. The van der Waals surface area contributed by atoms with Crippen LogP contribution in [0.25, 0.3) is 5.57 Å². The van der Waals surface area contributed by atoms with Crippen LogP contribution in [0.3, 0.4) is 0 Å². The van der Waals surface area contributed by atoms with Crippen LogP contribution in [0.4, 0.5) is 9.18 Å². The van der Waals surface area contributed by atoms with E-state index in [1.54, 1.807) is 29.3 Å². The van der Waals surface area contributed by atoms with Crippen LogP contribution in [-0.4, -0.2) is 39.7 Å². The molecule has 0 atom stereocenters. The van der Waals surface area contributed by atoms with E-state index in [1.165, 1.54) is 6.07 Å². The fraction of sp³-hybridized carbons (Fsp3) is 0.381. The minimum absolute atomic E-state index is 0.00206. The Bertz CT molecular complexity index is 928. The monoisotopic (exact) mass is 419 g/mol. The quantitative estimate of drug-likeness (QED) is 0.707. The van der Waals surface area contributed by atoms with E-state index in [1.807, 2.05) is 26.8 Å². The van der Waals surface area contributed by atoms with Crippen molar-refractivity contribution in [3.8, 4) is 6.01 Å². The number of hydrogen-bond donors (Lipinski definition) is 0. The lowest BCUT2D eigenvalue weighted by molar-refractivity contribution is 0.0270. The van der Waals surface area contributed by atoms with Crippen molar-refractivity contribution >= 4 is 23.3 Å². The summed E-state index contributed by atoms with van der Waals surface area (Å²) in [6, 6.07) is 6.35. The average molecular weight is 420 g/mol. The Morgan fingerprint density at radius 2 is 2.10 bits per heavy atom. The first-order valence-electron chi connectivity index (χ1n) is 9.28. The van der Waals surface area contributed by atoms with Crippen LogP contribution in [-0.2, 0) is 11.3 Å². The molecule has 1 aromatic heterocycles. The Morgan fingerprint density at radius 3 is 2.76 bits per heavy atom. The van der Waals surface area contributed by atoms with Gasteiger partial charge in [0.05, 0.1) is 5.69 Å². The summed E-state index contributed by atoms with van der Waals surface area (Å²) in [5, 5.41) is 0.328. The van der Waals surface area contributed by atoms with E-state index >= 15 is 0 Å². The Hall–Kier alpha value is -2.67. The minimum atomic E-state index is -0.524. The normalized spacial score (nSPS) is 14.4. The van der Waals surface area contributed by atoms with Gasteiger partial charge in [-0.25, -0.2) is 14.2 Å². The van der Waals surface area contributed by atoms with Gasteiger partial charge in [-0.1, -0.05) is 23.7 Å². The molecule has 0 unspecified atom stereocenters. The molecule has 0 saturated heterocycles. The van der Waals surface area contributed by atoms with E-state index in [-0.39, 0.29) is 18.7 Å². The maximum absolute atomic E-state index is 13.9. The van der Waals surface area contributed by atoms with E-state index in [0.29, 0.717) is 30.1 Å². The Balaban J connectivity index is 1.63. The Morgan fingerprint density at radius 1 is 1.31 bits per heavy atom. The van der Waals surface area contributed by atoms with Gasteiger partial charge in [-0.05, 0) is 51.0 Å². The molecule has 29 heavy (non-hydrogen) atoms. The second-order valence-corrected chi connectivity index (χ2v) is 8.09. The predicted octanol–water partition coefficient (Wildman–Crippen LogP) is 4.87. The smallest absolute Gasteiger partial charge is 0.410 e. The number of ether oxygens (including phenoxy) is 2. The number of nitrogens with zero attached hydrogens (tertiary/aromatic N) is 3. The van der Waals surface area contributed by atoms with Crippen LogP contribution in [0.1, 0.15) is 38.4 Å². The SMILES string of the molecule is CC(C)(C)OC(=O)N1CC=C(c2ccnc(OCc3ccc(Cl)cc3F)n2)CC1. The molecular weight excluding hydrogens is 397 g/mol. The van der Waals surface area contributed by atoms with E-state index in [2.05, 4.69) is 9.97 Å². The molecule has 154 valence electrons. The van der Waals surface area contributed by atoms with Gasteiger partial charge < -0.3 is 14.4 Å². The van der Waals surface area contributed by atoms with E-state index in [4.69, 9.17) is 21.1 Å². The van der Waals surface area contributed by atoms with Gasteiger partial charge in [-0.2, -0.15) is 4.98 Å². The summed E-state index contributed by atoms with van der Waals surface area (Å²) in [6.07, 6.45) is 3.85. The van der Waals surface area contributed by atoms with Crippen molar-refractivity contribution in [3.63, 3.8) is 0 Å². The number of hydrogen-bond acceptors (Lipinski definition) is 5. The molecule has 1 aromatic carbocycles. The van der Waals surface area contributed by atoms with Crippen molar-refractivity contribution in [2.75, 3.05) is 13.1 Å². The lowest BCUT2D eigenvalue weighted by atomic mass is 10.1. The van der Waals surface area contributed by atoms with Gasteiger partial charge in [0, 0.05) is 29.9 Å². The fourth-order valence-corrected chi connectivity index (χ4v) is 2.92. The number of carbonyl (C=O) groups is 1. The number of rotatable bonds is 4. The maximum atomic E-state index is 13.9. The van der Waals surface area contributed by atoms with Crippen molar-refractivity contribution in [1.29, 1.82) is 0 Å². The topological polar surface area (TPSA) is 64.5 Å². The molecule has 2 aromatic rings. The molecule has 1 aliphatic heterocycles. The summed E-state index contributed by atoms with van der Waals surface area (Å²) < 4.78 is 24.8. The number of aromatic nitrogens is 2. The van der Waals surface area contributed by atoms with Gasteiger partial charge in [-0.15, -0.1) is 0 Å². The highest BCUT2D eigenvalue weighted by atomic mass is 35.5. The third kappa shape index (κ3) is 5.90. The first-order valence-corrected chi connectivity index (χ1v) is 9.66. The first kappa shape index (κ1) is 21.0. The molecule has 6 nitrogen and oxygen atoms in total. The molecule has 0 N–H and O–H groups in total. The summed E-state index contributed by atoms with van der Waals surface area (Å²) in [5.74, 6) is -0.439. The summed E-state index contributed by atoms with van der Waals surface area (Å²) >= 11 is 5.76. The largest absolute Gasteiger partial charge is 0.458 e. The van der Waals surface area contributed by atoms with Gasteiger partial charge in [0.1, 0.15) is 18.0 Å². The molecule has 0 saturated carbocycles. The zero-order chi connectivity index (χ0) is 21.0. The van der Waals surface area contributed by atoms with Crippen molar-refractivity contribution < 1.29 is 18.7 Å². The highest BCUT2D eigenvalue weighted by Gasteiger charge is 2.24. The molecule has 3 rings (SSSR count). The number of benzene rings is 1.